The highest BCUT2D eigenvalue weighted by atomic mass is 79.9. The van der Waals surface area contributed by atoms with Crippen molar-refractivity contribution in [3.63, 3.8) is 0 Å². The molecule has 1 aromatic rings. The minimum absolute atomic E-state index is 0.0104. The van der Waals surface area contributed by atoms with Gasteiger partial charge >= 0.3 is 6.03 Å². The Balaban J connectivity index is 2.34. The van der Waals surface area contributed by atoms with Crippen molar-refractivity contribution in [2.45, 2.75) is 0 Å². The standard InChI is InChI=1S/C14H19BrN2O4/c1-19-11-8-10(9-12(20-2)13(11)21-3)17-7-6-16(5-4-15)14(17)18/h8-9H,4-7H2,1-3H3. The number of halogens is 1. The SMILES string of the molecule is COc1cc(N2CCN(CCBr)C2=O)cc(OC)c1OC. The second-order valence-corrected chi connectivity index (χ2v) is 5.29. The number of methoxy groups -OCH3 is 3. The molecule has 0 unspecified atom stereocenters. The average Bonchev–Trinajstić information content (AvgIpc) is 2.87. The lowest BCUT2D eigenvalue weighted by Gasteiger charge is -2.20. The maximum absolute atomic E-state index is 12.4. The quantitative estimate of drug-likeness (QED) is 0.732. The Morgan fingerprint density at radius 2 is 1.71 bits per heavy atom. The van der Waals surface area contributed by atoms with E-state index >= 15 is 0 Å². The van der Waals surface area contributed by atoms with Crippen LogP contribution in [0.5, 0.6) is 17.2 Å². The minimum Gasteiger partial charge on any atom is -0.493 e. The summed E-state index contributed by atoms with van der Waals surface area (Å²) in [5.41, 5.74) is 0.742. The number of ether oxygens (including phenoxy) is 3. The Morgan fingerprint density at radius 3 is 2.19 bits per heavy atom. The Hall–Kier alpha value is -1.63. The van der Waals surface area contributed by atoms with E-state index in [0.29, 0.717) is 36.9 Å². The molecule has 6 nitrogen and oxygen atoms in total. The van der Waals surface area contributed by atoms with Crippen LogP contribution >= 0.6 is 15.9 Å². The number of hydrogen-bond acceptors (Lipinski definition) is 4. The third-order valence-electron chi connectivity index (χ3n) is 3.41. The van der Waals surface area contributed by atoms with Gasteiger partial charge in [-0.25, -0.2) is 4.79 Å². The molecule has 0 atom stereocenters. The van der Waals surface area contributed by atoms with Crippen molar-refractivity contribution >= 4 is 27.6 Å². The number of nitrogens with zero attached hydrogens (tertiary/aromatic N) is 2. The molecule has 1 fully saturated rings. The van der Waals surface area contributed by atoms with Crippen molar-refractivity contribution in [2.75, 3.05) is 51.2 Å². The summed E-state index contributed by atoms with van der Waals surface area (Å²) < 4.78 is 15.9. The lowest BCUT2D eigenvalue weighted by atomic mass is 10.2. The molecule has 2 rings (SSSR count). The third kappa shape index (κ3) is 3.02. The van der Waals surface area contributed by atoms with E-state index in [1.165, 1.54) is 0 Å². The number of alkyl halides is 1. The largest absolute Gasteiger partial charge is 0.493 e. The average molecular weight is 359 g/mol. The lowest BCUT2D eigenvalue weighted by Crippen LogP contribution is -2.32. The lowest BCUT2D eigenvalue weighted by molar-refractivity contribution is 0.223. The fourth-order valence-electron chi connectivity index (χ4n) is 2.35. The molecule has 1 heterocycles. The number of benzene rings is 1. The van der Waals surface area contributed by atoms with Gasteiger partial charge in [-0.1, -0.05) is 15.9 Å². The molecule has 0 spiro atoms. The minimum atomic E-state index is -0.0104. The second-order valence-electron chi connectivity index (χ2n) is 4.49. The van der Waals surface area contributed by atoms with Gasteiger partial charge in [-0.2, -0.15) is 0 Å². The fraction of sp³-hybridized carbons (Fsp3) is 0.500. The van der Waals surface area contributed by atoms with Crippen molar-refractivity contribution < 1.29 is 19.0 Å². The first-order valence-electron chi connectivity index (χ1n) is 6.58. The number of carbonyl (C=O) groups excluding carboxylic acids is 1. The van der Waals surface area contributed by atoms with Crippen molar-refractivity contribution in [3.8, 4) is 17.2 Å². The third-order valence-corrected chi connectivity index (χ3v) is 3.77. The molecule has 1 aliphatic rings. The maximum Gasteiger partial charge on any atom is 0.324 e. The van der Waals surface area contributed by atoms with Gasteiger partial charge in [-0.3, -0.25) is 4.90 Å². The summed E-state index contributed by atoms with van der Waals surface area (Å²) in [5, 5.41) is 0.766. The summed E-state index contributed by atoms with van der Waals surface area (Å²) in [5.74, 6) is 1.60. The highest BCUT2D eigenvalue weighted by Crippen LogP contribution is 2.41. The van der Waals surface area contributed by atoms with Crippen LogP contribution in [0.3, 0.4) is 0 Å². The van der Waals surface area contributed by atoms with Gasteiger partial charge < -0.3 is 19.1 Å². The molecule has 21 heavy (non-hydrogen) atoms. The smallest absolute Gasteiger partial charge is 0.324 e. The van der Waals surface area contributed by atoms with Crippen molar-refractivity contribution in [1.29, 1.82) is 0 Å². The monoisotopic (exact) mass is 358 g/mol. The van der Waals surface area contributed by atoms with Gasteiger partial charge in [0.25, 0.3) is 0 Å². The summed E-state index contributed by atoms with van der Waals surface area (Å²) in [6, 6.07) is 3.57. The number of rotatable bonds is 6. The van der Waals surface area contributed by atoms with Crippen LogP contribution in [0.15, 0.2) is 12.1 Å². The first kappa shape index (κ1) is 15.8. The molecular formula is C14H19BrN2O4. The van der Waals surface area contributed by atoms with Gasteiger partial charge in [0.05, 0.1) is 27.0 Å². The molecule has 116 valence electrons. The Labute approximate surface area is 132 Å². The number of amides is 2. The number of anilines is 1. The van der Waals surface area contributed by atoms with E-state index in [2.05, 4.69) is 15.9 Å². The highest BCUT2D eigenvalue weighted by molar-refractivity contribution is 9.09. The molecular weight excluding hydrogens is 340 g/mol. The van der Waals surface area contributed by atoms with Gasteiger partial charge in [0.2, 0.25) is 5.75 Å². The zero-order chi connectivity index (χ0) is 15.4. The zero-order valence-electron chi connectivity index (χ0n) is 12.4. The number of urea groups is 1. The van der Waals surface area contributed by atoms with Crippen LogP contribution in [0.4, 0.5) is 10.5 Å². The van der Waals surface area contributed by atoms with Crippen molar-refractivity contribution in [3.05, 3.63) is 12.1 Å². The van der Waals surface area contributed by atoms with Crippen LogP contribution in [-0.2, 0) is 0 Å². The van der Waals surface area contributed by atoms with Crippen molar-refractivity contribution in [2.24, 2.45) is 0 Å². The molecule has 0 bridgehead atoms. The summed E-state index contributed by atoms with van der Waals surface area (Å²) in [7, 11) is 4.67. The first-order valence-corrected chi connectivity index (χ1v) is 7.70. The van der Waals surface area contributed by atoms with Crippen LogP contribution in [0, 0.1) is 0 Å². The fourth-order valence-corrected chi connectivity index (χ4v) is 2.78. The molecule has 0 radical (unpaired) electrons. The van der Waals surface area contributed by atoms with Crippen LogP contribution in [0.25, 0.3) is 0 Å². The van der Waals surface area contributed by atoms with Gasteiger partial charge in [0, 0.05) is 37.1 Å². The van der Waals surface area contributed by atoms with E-state index in [1.54, 1.807) is 43.3 Å². The summed E-state index contributed by atoms with van der Waals surface area (Å²) >= 11 is 3.36. The zero-order valence-corrected chi connectivity index (χ0v) is 14.0. The molecule has 0 saturated carbocycles. The van der Waals surface area contributed by atoms with E-state index in [-0.39, 0.29) is 6.03 Å². The van der Waals surface area contributed by atoms with Gasteiger partial charge in [0.1, 0.15) is 0 Å². The Kier molecular flexibility index (Phi) is 5.17. The van der Waals surface area contributed by atoms with E-state index in [0.717, 1.165) is 11.0 Å². The molecule has 0 aromatic heterocycles. The number of hydrogen-bond donors (Lipinski definition) is 0. The van der Waals surface area contributed by atoms with E-state index in [9.17, 15) is 4.79 Å². The first-order chi connectivity index (χ1) is 10.2. The van der Waals surface area contributed by atoms with Crippen molar-refractivity contribution in [1.82, 2.24) is 4.90 Å². The maximum atomic E-state index is 12.4. The van der Waals surface area contributed by atoms with Crippen LogP contribution in [-0.4, -0.2) is 57.2 Å². The second kappa shape index (κ2) is 6.89. The summed E-state index contributed by atoms with van der Waals surface area (Å²) in [4.78, 5) is 15.9. The predicted molar refractivity (Wildman–Crippen MR) is 84.2 cm³/mol. The normalized spacial score (nSPS) is 14.6. The summed E-state index contributed by atoms with van der Waals surface area (Å²) in [6.07, 6.45) is 0. The Bertz CT molecular complexity index is 499. The van der Waals surface area contributed by atoms with E-state index in [1.807, 2.05) is 0 Å². The van der Waals surface area contributed by atoms with E-state index < -0.39 is 0 Å². The summed E-state index contributed by atoms with van der Waals surface area (Å²) in [6.45, 7) is 2.05. The predicted octanol–water partition coefficient (Wildman–Crippen LogP) is 2.35. The topological polar surface area (TPSA) is 51.2 Å². The molecule has 1 aliphatic heterocycles. The molecule has 7 heteroatoms. The molecule has 0 aliphatic carbocycles. The van der Waals surface area contributed by atoms with Crippen LogP contribution in [0.2, 0.25) is 0 Å². The van der Waals surface area contributed by atoms with Gasteiger partial charge in [0.15, 0.2) is 11.5 Å². The molecule has 1 aromatic carbocycles. The van der Waals surface area contributed by atoms with Crippen LogP contribution < -0.4 is 19.1 Å². The van der Waals surface area contributed by atoms with Gasteiger partial charge in [-0.05, 0) is 0 Å². The number of carbonyl (C=O) groups is 1. The Morgan fingerprint density at radius 1 is 1.10 bits per heavy atom. The molecule has 2 amide bonds. The highest BCUT2D eigenvalue weighted by Gasteiger charge is 2.30. The molecule has 1 saturated heterocycles. The van der Waals surface area contributed by atoms with Crippen LogP contribution in [0.1, 0.15) is 0 Å². The van der Waals surface area contributed by atoms with Gasteiger partial charge in [-0.15, -0.1) is 0 Å². The van der Waals surface area contributed by atoms with E-state index in [4.69, 9.17) is 14.2 Å². The molecule has 0 N–H and O–H groups in total.